The molecule has 0 spiro atoms. The van der Waals surface area contributed by atoms with E-state index in [0.29, 0.717) is 30.5 Å². The fourth-order valence-electron chi connectivity index (χ4n) is 2.89. The normalized spacial score (nSPS) is 19.7. The summed E-state index contributed by atoms with van der Waals surface area (Å²) < 4.78 is 0. The second kappa shape index (κ2) is 6.98. The smallest absolute Gasteiger partial charge is 0.222 e. The number of hydrogen-bond donors (Lipinski definition) is 1. The lowest BCUT2D eigenvalue weighted by atomic mass is 9.89. The monoisotopic (exact) mass is 305 g/mol. The number of carbonyl (C=O) groups excluding carboxylic acids is 1. The first-order valence-corrected chi connectivity index (χ1v) is 7.91. The fourth-order valence-corrected chi connectivity index (χ4v) is 3.07. The second-order valence-corrected chi connectivity index (χ2v) is 6.46. The third kappa shape index (κ3) is 4.00. The number of rotatable bonds is 4. The van der Waals surface area contributed by atoms with E-state index >= 15 is 0 Å². The quantitative estimate of drug-likeness (QED) is 0.868. The van der Waals surface area contributed by atoms with E-state index in [0.717, 1.165) is 24.9 Å². The Hall–Kier alpha value is -1.49. The summed E-state index contributed by atoms with van der Waals surface area (Å²) in [6.07, 6.45) is 4.36. The van der Waals surface area contributed by atoms with Gasteiger partial charge in [0.25, 0.3) is 0 Å². The molecule has 4 nitrogen and oxygen atoms in total. The number of pyridine rings is 1. The first-order valence-electron chi connectivity index (χ1n) is 7.50. The van der Waals surface area contributed by atoms with E-state index in [4.69, 9.17) is 18.0 Å². The lowest BCUT2D eigenvalue weighted by molar-refractivity contribution is -0.131. The van der Waals surface area contributed by atoms with Gasteiger partial charge in [-0.2, -0.15) is 0 Å². The first kappa shape index (κ1) is 15.9. The molecule has 2 heterocycles. The zero-order chi connectivity index (χ0) is 15.4. The standard InChI is InChI=1S/C16H23N3OS/c1-11(2)12-5-6-14(20)19(9-7-12)10-13-4-3-8-18-15(13)16(17)21/h3-4,8,11-12H,5-7,9-10H2,1-2H3,(H2,17,21). The molecule has 1 fully saturated rings. The van der Waals surface area contributed by atoms with E-state index in [1.165, 1.54) is 0 Å². The zero-order valence-electron chi connectivity index (χ0n) is 12.7. The number of aromatic nitrogens is 1. The van der Waals surface area contributed by atoms with Gasteiger partial charge >= 0.3 is 0 Å². The van der Waals surface area contributed by atoms with Crippen molar-refractivity contribution in [2.45, 2.75) is 39.7 Å². The summed E-state index contributed by atoms with van der Waals surface area (Å²) in [5.74, 6) is 1.47. The molecule has 1 aliphatic heterocycles. The van der Waals surface area contributed by atoms with Gasteiger partial charge in [0.05, 0.1) is 0 Å². The molecule has 1 aromatic rings. The molecular formula is C16H23N3OS. The number of hydrogen-bond acceptors (Lipinski definition) is 3. The van der Waals surface area contributed by atoms with E-state index < -0.39 is 0 Å². The lowest BCUT2D eigenvalue weighted by Crippen LogP contribution is -2.31. The van der Waals surface area contributed by atoms with Crippen LogP contribution in [0.15, 0.2) is 18.3 Å². The SMILES string of the molecule is CC(C)C1CCC(=O)N(Cc2cccnc2C(N)=S)CC1. The van der Waals surface area contributed by atoms with Crippen molar-refractivity contribution < 1.29 is 4.79 Å². The summed E-state index contributed by atoms with van der Waals surface area (Å²) in [4.78, 5) is 18.7. The molecule has 5 heteroatoms. The molecule has 0 radical (unpaired) electrons. The summed E-state index contributed by atoms with van der Waals surface area (Å²) in [5, 5.41) is 0. The van der Waals surface area contributed by atoms with E-state index in [1.54, 1.807) is 6.20 Å². The summed E-state index contributed by atoms with van der Waals surface area (Å²) in [5.41, 5.74) is 7.27. The van der Waals surface area contributed by atoms with Gasteiger partial charge in [-0.25, -0.2) is 0 Å². The minimum atomic E-state index is 0.218. The van der Waals surface area contributed by atoms with Crippen LogP contribution in [0.5, 0.6) is 0 Å². The second-order valence-electron chi connectivity index (χ2n) is 6.02. The number of carbonyl (C=O) groups is 1. The van der Waals surface area contributed by atoms with Gasteiger partial charge in [-0.1, -0.05) is 32.1 Å². The molecule has 0 saturated carbocycles. The van der Waals surface area contributed by atoms with Crippen LogP contribution in [-0.4, -0.2) is 27.3 Å². The topological polar surface area (TPSA) is 59.2 Å². The molecule has 0 bridgehead atoms. The van der Waals surface area contributed by atoms with Gasteiger partial charge in [-0.15, -0.1) is 0 Å². The van der Waals surface area contributed by atoms with Crippen LogP contribution in [0.25, 0.3) is 0 Å². The fraction of sp³-hybridized carbons (Fsp3) is 0.562. The minimum Gasteiger partial charge on any atom is -0.388 e. The van der Waals surface area contributed by atoms with Gasteiger partial charge in [-0.3, -0.25) is 9.78 Å². The third-order valence-electron chi connectivity index (χ3n) is 4.28. The van der Waals surface area contributed by atoms with Crippen molar-refractivity contribution in [3.63, 3.8) is 0 Å². The molecule has 1 saturated heterocycles. The first-order chi connectivity index (χ1) is 9.99. The maximum atomic E-state index is 12.3. The average Bonchev–Trinajstić information content (AvgIpc) is 2.62. The van der Waals surface area contributed by atoms with Gasteiger partial charge in [0.1, 0.15) is 10.7 Å². The summed E-state index contributed by atoms with van der Waals surface area (Å²) in [6.45, 7) is 5.81. The Bertz CT molecular complexity index is 530. The predicted molar refractivity (Wildman–Crippen MR) is 87.7 cm³/mol. The Morgan fingerprint density at radius 1 is 1.52 bits per heavy atom. The zero-order valence-corrected chi connectivity index (χ0v) is 13.5. The molecule has 21 heavy (non-hydrogen) atoms. The van der Waals surface area contributed by atoms with E-state index in [2.05, 4.69) is 18.8 Å². The van der Waals surface area contributed by atoms with Crippen LogP contribution in [0, 0.1) is 11.8 Å². The van der Waals surface area contributed by atoms with E-state index in [9.17, 15) is 4.79 Å². The van der Waals surface area contributed by atoms with Crippen molar-refractivity contribution in [2.75, 3.05) is 6.54 Å². The van der Waals surface area contributed by atoms with Crippen molar-refractivity contribution in [1.82, 2.24) is 9.88 Å². The van der Waals surface area contributed by atoms with Crippen molar-refractivity contribution in [2.24, 2.45) is 17.6 Å². The summed E-state index contributed by atoms with van der Waals surface area (Å²) in [6, 6.07) is 3.80. The lowest BCUT2D eigenvalue weighted by Gasteiger charge is -2.22. The van der Waals surface area contributed by atoms with Crippen molar-refractivity contribution in [1.29, 1.82) is 0 Å². The molecule has 114 valence electrons. The van der Waals surface area contributed by atoms with E-state index in [-0.39, 0.29) is 10.9 Å². The van der Waals surface area contributed by atoms with Crippen molar-refractivity contribution in [3.05, 3.63) is 29.6 Å². The van der Waals surface area contributed by atoms with Crippen molar-refractivity contribution in [3.8, 4) is 0 Å². The highest BCUT2D eigenvalue weighted by Gasteiger charge is 2.24. The Balaban J connectivity index is 2.12. The highest BCUT2D eigenvalue weighted by atomic mass is 32.1. The molecule has 0 aliphatic carbocycles. The molecule has 0 aromatic carbocycles. The Morgan fingerprint density at radius 3 is 2.95 bits per heavy atom. The molecule has 2 rings (SSSR count). The minimum absolute atomic E-state index is 0.218. The molecule has 1 aliphatic rings. The number of amides is 1. The van der Waals surface area contributed by atoms with Crippen LogP contribution in [0.4, 0.5) is 0 Å². The highest BCUT2D eigenvalue weighted by Crippen LogP contribution is 2.26. The van der Waals surface area contributed by atoms with Gasteiger partial charge < -0.3 is 10.6 Å². The molecular weight excluding hydrogens is 282 g/mol. The molecule has 2 N–H and O–H groups in total. The largest absolute Gasteiger partial charge is 0.388 e. The Labute approximate surface area is 131 Å². The number of nitrogens with zero attached hydrogens (tertiary/aromatic N) is 2. The number of likely N-dealkylation sites (tertiary alicyclic amines) is 1. The van der Waals surface area contributed by atoms with Crippen LogP contribution in [-0.2, 0) is 11.3 Å². The molecule has 1 atom stereocenters. The number of thiocarbonyl (C=S) groups is 1. The van der Waals surface area contributed by atoms with E-state index in [1.807, 2.05) is 17.0 Å². The highest BCUT2D eigenvalue weighted by molar-refractivity contribution is 7.80. The van der Waals surface area contributed by atoms with Crippen molar-refractivity contribution >= 4 is 23.1 Å². The van der Waals surface area contributed by atoms with Crippen LogP contribution in [0.1, 0.15) is 44.4 Å². The van der Waals surface area contributed by atoms with Crippen LogP contribution < -0.4 is 5.73 Å². The molecule has 1 unspecified atom stereocenters. The average molecular weight is 305 g/mol. The Morgan fingerprint density at radius 2 is 2.29 bits per heavy atom. The Kier molecular flexibility index (Phi) is 5.28. The maximum Gasteiger partial charge on any atom is 0.222 e. The number of nitrogens with two attached hydrogens (primary N) is 1. The van der Waals surface area contributed by atoms with Crippen LogP contribution >= 0.6 is 12.2 Å². The van der Waals surface area contributed by atoms with Gasteiger partial charge in [0.15, 0.2) is 0 Å². The maximum absolute atomic E-state index is 12.3. The third-order valence-corrected chi connectivity index (χ3v) is 4.47. The molecule has 1 amide bonds. The van der Waals surface area contributed by atoms with Gasteiger partial charge in [0.2, 0.25) is 5.91 Å². The van der Waals surface area contributed by atoms with Gasteiger partial charge in [-0.05, 0) is 30.7 Å². The summed E-state index contributed by atoms with van der Waals surface area (Å²) >= 11 is 5.04. The molecule has 1 aromatic heterocycles. The van der Waals surface area contributed by atoms with Crippen LogP contribution in [0.2, 0.25) is 0 Å². The van der Waals surface area contributed by atoms with Gasteiger partial charge in [0, 0.05) is 31.3 Å². The summed E-state index contributed by atoms with van der Waals surface area (Å²) in [7, 11) is 0. The van der Waals surface area contributed by atoms with Crippen LogP contribution in [0.3, 0.4) is 0 Å². The predicted octanol–water partition coefficient (Wildman–Crippen LogP) is 2.50.